The van der Waals surface area contributed by atoms with Crippen molar-refractivity contribution in [2.75, 3.05) is 5.32 Å². The van der Waals surface area contributed by atoms with Crippen LogP contribution in [0.3, 0.4) is 0 Å². The number of nitrogens with one attached hydrogen (secondary N) is 2. The Morgan fingerprint density at radius 1 is 1.25 bits per heavy atom. The zero-order chi connectivity index (χ0) is 19.7. The van der Waals surface area contributed by atoms with Gasteiger partial charge in [0.1, 0.15) is 5.69 Å². The van der Waals surface area contributed by atoms with E-state index in [1.165, 1.54) is 0 Å². The van der Waals surface area contributed by atoms with Gasteiger partial charge in [-0.2, -0.15) is 0 Å². The summed E-state index contributed by atoms with van der Waals surface area (Å²) in [6.45, 7) is 2.81. The Bertz CT molecular complexity index is 1220. The van der Waals surface area contributed by atoms with E-state index in [1.807, 2.05) is 34.9 Å². The first kappa shape index (κ1) is 18.2. The lowest BCUT2D eigenvalue weighted by Crippen LogP contribution is -2.17. The average Bonchev–Trinajstić information content (AvgIpc) is 3.28. The summed E-state index contributed by atoms with van der Waals surface area (Å²) in [6, 6.07) is 15.1. The minimum absolute atomic E-state index is 0.237. The van der Waals surface area contributed by atoms with Crippen molar-refractivity contribution in [1.29, 1.82) is 0 Å². The fourth-order valence-corrected chi connectivity index (χ4v) is 3.58. The van der Waals surface area contributed by atoms with Crippen LogP contribution in [-0.4, -0.2) is 20.6 Å². The lowest BCUT2D eigenvalue weighted by Gasteiger charge is -2.12. The summed E-state index contributed by atoms with van der Waals surface area (Å²) < 4.78 is 7.40. The summed E-state index contributed by atoms with van der Waals surface area (Å²) in [5, 5.41) is 7.68. The Hall–Kier alpha value is -3.13. The molecule has 0 aliphatic rings. The van der Waals surface area contributed by atoms with Crippen LogP contribution < -0.4 is 11.1 Å². The molecule has 4 aromatic rings. The molecule has 0 spiro atoms. The number of hydrogen-bond donors (Lipinski definition) is 2. The Morgan fingerprint density at radius 3 is 2.82 bits per heavy atom. The standard InChI is InChI=1S/C20H17BrN4O3/c1-2-9-25-16-6-4-3-5-12(16)10-17(25)19(26)22-15-8-7-13(21)11-14(15)18-23-20(27)28-24-18/h3-8,10-11H,2,9H2,1H3,(H,22,26)(H,23,24,27). The molecule has 2 heterocycles. The predicted octanol–water partition coefficient (Wildman–Crippen LogP) is 4.41. The van der Waals surface area contributed by atoms with Gasteiger partial charge in [-0.25, -0.2) is 4.79 Å². The number of fused-ring (bicyclic) bond motifs is 1. The van der Waals surface area contributed by atoms with Crippen LogP contribution in [0.1, 0.15) is 23.8 Å². The van der Waals surface area contributed by atoms with E-state index in [0.717, 1.165) is 28.3 Å². The van der Waals surface area contributed by atoms with Gasteiger partial charge in [0, 0.05) is 27.5 Å². The first-order valence-corrected chi connectivity index (χ1v) is 9.61. The van der Waals surface area contributed by atoms with E-state index >= 15 is 0 Å². The van der Waals surface area contributed by atoms with E-state index in [-0.39, 0.29) is 11.7 Å². The molecule has 0 aliphatic heterocycles. The van der Waals surface area contributed by atoms with Crippen LogP contribution in [0.15, 0.2) is 62.3 Å². The van der Waals surface area contributed by atoms with Gasteiger partial charge in [-0.15, -0.1) is 0 Å². The van der Waals surface area contributed by atoms with Crippen molar-refractivity contribution in [2.45, 2.75) is 19.9 Å². The smallest absolute Gasteiger partial charge is 0.337 e. The number of benzene rings is 2. The number of hydrogen-bond acceptors (Lipinski definition) is 4. The molecule has 0 atom stereocenters. The van der Waals surface area contributed by atoms with E-state index in [0.29, 0.717) is 16.9 Å². The lowest BCUT2D eigenvalue weighted by molar-refractivity contribution is 0.101. The number of para-hydroxylation sites is 1. The van der Waals surface area contributed by atoms with E-state index in [1.54, 1.807) is 18.2 Å². The van der Waals surface area contributed by atoms with Gasteiger partial charge < -0.3 is 9.88 Å². The van der Waals surface area contributed by atoms with Crippen molar-refractivity contribution < 1.29 is 9.32 Å². The molecule has 0 unspecified atom stereocenters. The van der Waals surface area contributed by atoms with Crippen molar-refractivity contribution in [2.24, 2.45) is 0 Å². The van der Waals surface area contributed by atoms with Crippen LogP contribution in [0.2, 0.25) is 0 Å². The number of H-pyrrole nitrogens is 1. The van der Waals surface area contributed by atoms with Gasteiger partial charge in [-0.1, -0.05) is 46.2 Å². The zero-order valence-corrected chi connectivity index (χ0v) is 16.6. The maximum Gasteiger partial charge on any atom is 0.439 e. The third kappa shape index (κ3) is 3.38. The molecular weight excluding hydrogens is 424 g/mol. The highest BCUT2D eigenvalue weighted by Gasteiger charge is 2.18. The van der Waals surface area contributed by atoms with Crippen molar-refractivity contribution in [3.05, 3.63) is 69.2 Å². The van der Waals surface area contributed by atoms with Crippen molar-refractivity contribution in [3.8, 4) is 11.4 Å². The Labute approximate surface area is 168 Å². The number of carbonyl (C=O) groups excluding carboxylic acids is 1. The Kier molecular flexibility index (Phi) is 4.87. The number of aromatic amines is 1. The monoisotopic (exact) mass is 440 g/mol. The molecule has 0 aliphatic carbocycles. The quantitative estimate of drug-likeness (QED) is 0.480. The van der Waals surface area contributed by atoms with Gasteiger partial charge >= 0.3 is 5.76 Å². The van der Waals surface area contributed by atoms with Gasteiger partial charge in [0.15, 0.2) is 5.82 Å². The Balaban J connectivity index is 1.75. The van der Waals surface area contributed by atoms with Crippen LogP contribution >= 0.6 is 15.9 Å². The minimum Gasteiger partial charge on any atom is -0.337 e. The third-order valence-corrected chi connectivity index (χ3v) is 4.91. The molecular formula is C20H17BrN4O3. The molecule has 1 amide bonds. The highest BCUT2D eigenvalue weighted by atomic mass is 79.9. The summed E-state index contributed by atoms with van der Waals surface area (Å²) in [6.07, 6.45) is 0.905. The van der Waals surface area contributed by atoms with Crippen LogP contribution in [0.5, 0.6) is 0 Å². The second-order valence-corrected chi connectivity index (χ2v) is 7.24. The molecule has 28 heavy (non-hydrogen) atoms. The summed E-state index contributed by atoms with van der Waals surface area (Å²) in [5.41, 5.74) is 2.66. The van der Waals surface area contributed by atoms with Crippen molar-refractivity contribution in [3.63, 3.8) is 0 Å². The lowest BCUT2D eigenvalue weighted by atomic mass is 10.1. The van der Waals surface area contributed by atoms with Gasteiger partial charge in [0.25, 0.3) is 5.91 Å². The second kappa shape index (κ2) is 7.47. The first-order valence-electron chi connectivity index (χ1n) is 8.82. The maximum atomic E-state index is 13.1. The summed E-state index contributed by atoms with van der Waals surface area (Å²) in [4.78, 5) is 26.9. The maximum absolute atomic E-state index is 13.1. The minimum atomic E-state index is -0.657. The van der Waals surface area contributed by atoms with Crippen molar-refractivity contribution in [1.82, 2.24) is 14.7 Å². The van der Waals surface area contributed by atoms with Crippen LogP contribution in [0, 0.1) is 0 Å². The summed E-state index contributed by atoms with van der Waals surface area (Å²) in [5.74, 6) is -0.648. The topological polar surface area (TPSA) is 92.9 Å². The zero-order valence-electron chi connectivity index (χ0n) is 15.0. The van der Waals surface area contributed by atoms with Gasteiger partial charge in [0.05, 0.1) is 5.69 Å². The van der Waals surface area contributed by atoms with Gasteiger partial charge in [0.2, 0.25) is 0 Å². The molecule has 0 radical (unpaired) electrons. The molecule has 7 nitrogen and oxygen atoms in total. The number of rotatable bonds is 5. The number of aryl methyl sites for hydroxylation is 1. The second-order valence-electron chi connectivity index (χ2n) is 6.33. The molecule has 0 fully saturated rings. The Morgan fingerprint density at radius 2 is 2.07 bits per heavy atom. The fourth-order valence-electron chi connectivity index (χ4n) is 3.22. The van der Waals surface area contributed by atoms with E-state index in [9.17, 15) is 9.59 Å². The molecule has 2 aromatic heterocycles. The highest BCUT2D eigenvalue weighted by Crippen LogP contribution is 2.29. The number of nitrogens with zero attached hydrogens (tertiary/aromatic N) is 2. The van der Waals surface area contributed by atoms with E-state index in [2.05, 4.69) is 42.8 Å². The van der Waals surface area contributed by atoms with Crippen LogP contribution in [0.25, 0.3) is 22.3 Å². The molecule has 142 valence electrons. The van der Waals surface area contributed by atoms with E-state index < -0.39 is 5.76 Å². The molecule has 2 aromatic carbocycles. The SMILES string of the molecule is CCCn1c(C(=O)Nc2ccc(Br)cc2-c2noc(=O)[nH]2)cc2ccccc21. The normalized spacial score (nSPS) is 11.1. The highest BCUT2D eigenvalue weighted by molar-refractivity contribution is 9.10. The number of carbonyl (C=O) groups is 1. The molecule has 0 saturated carbocycles. The van der Waals surface area contributed by atoms with Gasteiger partial charge in [-0.3, -0.25) is 14.3 Å². The molecule has 2 N–H and O–H groups in total. The number of amides is 1. The average molecular weight is 441 g/mol. The van der Waals surface area contributed by atoms with Crippen LogP contribution in [-0.2, 0) is 6.54 Å². The first-order chi connectivity index (χ1) is 13.6. The van der Waals surface area contributed by atoms with Crippen molar-refractivity contribution >= 4 is 38.4 Å². The summed E-state index contributed by atoms with van der Waals surface area (Å²) >= 11 is 3.40. The largest absolute Gasteiger partial charge is 0.439 e. The molecule has 0 bridgehead atoms. The summed E-state index contributed by atoms with van der Waals surface area (Å²) in [7, 11) is 0. The molecule has 0 saturated heterocycles. The van der Waals surface area contributed by atoms with Gasteiger partial charge in [-0.05, 0) is 36.8 Å². The fraction of sp³-hybridized carbons (Fsp3) is 0.150. The predicted molar refractivity (Wildman–Crippen MR) is 110 cm³/mol. The number of anilines is 1. The number of halogens is 1. The van der Waals surface area contributed by atoms with E-state index in [4.69, 9.17) is 0 Å². The third-order valence-electron chi connectivity index (χ3n) is 4.42. The number of aromatic nitrogens is 3. The van der Waals surface area contributed by atoms with Crippen LogP contribution in [0.4, 0.5) is 5.69 Å². The molecule has 8 heteroatoms. The molecule has 4 rings (SSSR count).